The van der Waals surface area contributed by atoms with Gasteiger partial charge < -0.3 is 10.4 Å². The smallest absolute Gasteiger partial charge is 0.252 e. The lowest BCUT2D eigenvalue weighted by Crippen LogP contribution is -2.42. The summed E-state index contributed by atoms with van der Waals surface area (Å²) in [7, 11) is 0. The van der Waals surface area contributed by atoms with Gasteiger partial charge in [0, 0.05) is 29.4 Å². The van der Waals surface area contributed by atoms with Crippen molar-refractivity contribution in [1.29, 1.82) is 0 Å². The second-order valence-electron chi connectivity index (χ2n) is 5.59. The van der Waals surface area contributed by atoms with Crippen molar-refractivity contribution in [3.8, 4) is 0 Å². The van der Waals surface area contributed by atoms with Crippen LogP contribution in [-0.4, -0.2) is 40.2 Å². The summed E-state index contributed by atoms with van der Waals surface area (Å²) in [6.07, 6.45) is 1.89. The molecule has 22 heavy (non-hydrogen) atoms. The van der Waals surface area contributed by atoms with E-state index in [1.807, 2.05) is 6.26 Å². The number of rotatable bonds is 5. The number of aryl methyl sites for hydroxylation is 1. The lowest BCUT2D eigenvalue weighted by atomic mass is 10.1. The zero-order chi connectivity index (χ0) is 16.3. The minimum absolute atomic E-state index is 0.150. The average molecular weight is 322 g/mol. The molecule has 4 nitrogen and oxygen atoms in total. The number of hydrogen-bond acceptors (Lipinski definition) is 4. The van der Waals surface area contributed by atoms with Crippen LogP contribution in [0.3, 0.4) is 0 Å². The first kappa shape index (κ1) is 16.7. The summed E-state index contributed by atoms with van der Waals surface area (Å²) < 4.78 is 13.3. The van der Waals surface area contributed by atoms with Gasteiger partial charge in [-0.05, 0) is 38.3 Å². The van der Waals surface area contributed by atoms with E-state index in [0.717, 1.165) is 0 Å². The van der Waals surface area contributed by atoms with Gasteiger partial charge in [0.15, 0.2) is 0 Å². The molecule has 1 atom stereocenters. The topological polar surface area (TPSA) is 62.2 Å². The maximum Gasteiger partial charge on any atom is 0.252 e. The molecule has 0 radical (unpaired) electrons. The number of hydrogen-bond donors (Lipinski definition) is 2. The molecular weight excluding hydrogens is 303 g/mol. The Kier molecular flexibility index (Phi) is 5.03. The highest BCUT2D eigenvalue weighted by Gasteiger charge is 2.21. The van der Waals surface area contributed by atoms with Crippen LogP contribution in [-0.2, 0) is 0 Å². The molecule has 0 aliphatic rings. The number of pyridine rings is 1. The van der Waals surface area contributed by atoms with Gasteiger partial charge >= 0.3 is 0 Å². The van der Waals surface area contributed by atoms with Crippen LogP contribution >= 0.6 is 11.8 Å². The van der Waals surface area contributed by atoms with E-state index < -0.39 is 5.60 Å². The summed E-state index contributed by atoms with van der Waals surface area (Å²) in [4.78, 5) is 16.6. The largest absolute Gasteiger partial charge is 0.387 e. The molecule has 0 saturated heterocycles. The van der Waals surface area contributed by atoms with E-state index in [9.17, 15) is 14.3 Å². The summed E-state index contributed by atoms with van der Waals surface area (Å²) in [6, 6.07) is 5.83. The number of nitrogens with zero attached hydrogens (tertiary/aromatic N) is 1. The number of amides is 1. The molecule has 6 heteroatoms. The van der Waals surface area contributed by atoms with E-state index in [-0.39, 0.29) is 18.3 Å². The first-order valence-electron chi connectivity index (χ1n) is 6.89. The fourth-order valence-electron chi connectivity index (χ4n) is 2.25. The van der Waals surface area contributed by atoms with Crippen molar-refractivity contribution < 1.29 is 14.3 Å². The molecule has 0 aliphatic heterocycles. The van der Waals surface area contributed by atoms with Crippen molar-refractivity contribution in [3.63, 3.8) is 0 Å². The minimum Gasteiger partial charge on any atom is -0.387 e. The van der Waals surface area contributed by atoms with Gasteiger partial charge in [-0.3, -0.25) is 9.78 Å². The number of nitrogens with one attached hydrogen (secondary N) is 1. The zero-order valence-electron chi connectivity index (χ0n) is 12.8. The highest BCUT2D eigenvalue weighted by molar-refractivity contribution is 7.98. The second-order valence-corrected chi connectivity index (χ2v) is 6.45. The molecule has 0 spiro atoms. The molecule has 1 aromatic carbocycles. The molecule has 0 fully saturated rings. The van der Waals surface area contributed by atoms with Gasteiger partial charge in [-0.25, -0.2) is 4.39 Å². The Labute approximate surface area is 133 Å². The zero-order valence-corrected chi connectivity index (χ0v) is 13.6. The molecule has 1 unspecified atom stereocenters. The van der Waals surface area contributed by atoms with Gasteiger partial charge in [-0.15, -0.1) is 0 Å². The van der Waals surface area contributed by atoms with E-state index >= 15 is 0 Å². The third kappa shape index (κ3) is 3.96. The third-order valence-corrected chi connectivity index (χ3v) is 4.14. The van der Waals surface area contributed by atoms with Gasteiger partial charge in [0.1, 0.15) is 5.82 Å². The fourth-order valence-corrected chi connectivity index (χ4v) is 2.97. The number of fused-ring (bicyclic) bond motifs is 1. The van der Waals surface area contributed by atoms with Gasteiger partial charge in [-0.2, -0.15) is 11.8 Å². The molecule has 1 heterocycles. The van der Waals surface area contributed by atoms with Crippen molar-refractivity contribution >= 4 is 28.6 Å². The summed E-state index contributed by atoms with van der Waals surface area (Å²) >= 11 is 1.51. The molecule has 1 aromatic heterocycles. The van der Waals surface area contributed by atoms with Gasteiger partial charge in [0.05, 0.1) is 16.7 Å². The highest BCUT2D eigenvalue weighted by Crippen LogP contribution is 2.20. The SMILES string of the molecule is CSCC(C)(O)CNC(=O)c1cc(C)nc2cc(F)ccc12. The van der Waals surface area contributed by atoms with Crippen LogP contribution in [0.25, 0.3) is 10.9 Å². The van der Waals surface area contributed by atoms with Crippen molar-refractivity contribution in [2.24, 2.45) is 0 Å². The standard InChI is InChI=1S/C16H19FN2O2S/c1-10-6-13(12-5-4-11(17)7-14(12)19-10)15(20)18-8-16(2,21)9-22-3/h4-7,21H,8-9H2,1-3H3,(H,18,20). The lowest BCUT2D eigenvalue weighted by molar-refractivity contribution is 0.0726. The lowest BCUT2D eigenvalue weighted by Gasteiger charge is -2.22. The molecule has 2 N–H and O–H groups in total. The van der Waals surface area contributed by atoms with Crippen molar-refractivity contribution in [2.45, 2.75) is 19.4 Å². The van der Waals surface area contributed by atoms with E-state index in [1.54, 1.807) is 26.0 Å². The predicted molar refractivity (Wildman–Crippen MR) is 87.8 cm³/mol. The number of aromatic nitrogens is 1. The number of aliphatic hydroxyl groups is 1. The Hall–Kier alpha value is -1.66. The predicted octanol–water partition coefficient (Wildman–Crippen LogP) is 2.53. The Morgan fingerprint density at radius 1 is 1.45 bits per heavy atom. The molecule has 118 valence electrons. The minimum atomic E-state index is -0.973. The molecule has 1 amide bonds. The number of carbonyl (C=O) groups is 1. The van der Waals surface area contributed by atoms with E-state index in [1.165, 1.54) is 23.9 Å². The Morgan fingerprint density at radius 3 is 2.86 bits per heavy atom. The number of thioether (sulfide) groups is 1. The third-order valence-electron chi connectivity index (χ3n) is 3.23. The molecule has 0 saturated carbocycles. The molecule has 2 rings (SSSR count). The van der Waals surface area contributed by atoms with Crippen LogP contribution in [0.2, 0.25) is 0 Å². The molecular formula is C16H19FN2O2S. The maximum atomic E-state index is 13.3. The van der Waals surface area contributed by atoms with Crippen LogP contribution in [0.15, 0.2) is 24.3 Å². The number of carbonyl (C=O) groups excluding carboxylic acids is 1. The first-order chi connectivity index (χ1) is 10.3. The summed E-state index contributed by atoms with van der Waals surface area (Å²) in [6.45, 7) is 3.58. The highest BCUT2D eigenvalue weighted by atomic mass is 32.2. The normalized spacial score (nSPS) is 13.9. The van der Waals surface area contributed by atoms with Crippen molar-refractivity contribution in [2.75, 3.05) is 18.6 Å². The van der Waals surface area contributed by atoms with E-state index in [0.29, 0.717) is 27.9 Å². The Balaban J connectivity index is 2.28. The molecule has 2 aromatic rings. The quantitative estimate of drug-likeness (QED) is 0.888. The summed E-state index contributed by atoms with van der Waals surface area (Å²) in [5.41, 5.74) is 0.543. The van der Waals surface area contributed by atoms with Gasteiger partial charge in [0.2, 0.25) is 0 Å². The maximum absolute atomic E-state index is 13.3. The van der Waals surface area contributed by atoms with Crippen LogP contribution in [0.4, 0.5) is 4.39 Å². The van der Waals surface area contributed by atoms with Crippen molar-refractivity contribution in [3.05, 3.63) is 41.3 Å². The second kappa shape index (κ2) is 6.62. The molecule has 0 bridgehead atoms. The first-order valence-corrected chi connectivity index (χ1v) is 8.28. The van der Waals surface area contributed by atoms with Gasteiger partial charge in [0.25, 0.3) is 5.91 Å². The average Bonchev–Trinajstić information content (AvgIpc) is 2.43. The summed E-state index contributed by atoms with van der Waals surface area (Å²) in [5, 5.41) is 13.4. The van der Waals surface area contributed by atoms with Crippen LogP contribution in [0.1, 0.15) is 23.0 Å². The van der Waals surface area contributed by atoms with Crippen LogP contribution < -0.4 is 5.32 Å². The van der Waals surface area contributed by atoms with Gasteiger partial charge in [-0.1, -0.05) is 0 Å². The number of halogens is 1. The van der Waals surface area contributed by atoms with E-state index in [4.69, 9.17) is 0 Å². The molecule has 0 aliphatic carbocycles. The van der Waals surface area contributed by atoms with Crippen LogP contribution in [0.5, 0.6) is 0 Å². The summed E-state index contributed by atoms with van der Waals surface area (Å²) in [5.74, 6) is -0.169. The van der Waals surface area contributed by atoms with Crippen molar-refractivity contribution in [1.82, 2.24) is 10.3 Å². The van der Waals surface area contributed by atoms with Crippen LogP contribution in [0, 0.1) is 12.7 Å². The number of benzene rings is 1. The monoisotopic (exact) mass is 322 g/mol. The van der Waals surface area contributed by atoms with E-state index in [2.05, 4.69) is 10.3 Å². The Morgan fingerprint density at radius 2 is 2.18 bits per heavy atom. The Bertz CT molecular complexity index is 699. The fraction of sp³-hybridized carbons (Fsp3) is 0.375.